The number of hydrogen-bond donors (Lipinski definition) is 2. The van der Waals surface area contributed by atoms with Crippen LogP contribution in [0.5, 0.6) is 5.75 Å². The average Bonchev–Trinajstić information content (AvgIpc) is 2.68. The highest BCUT2D eigenvalue weighted by atomic mass is 16.3. The Kier molecular flexibility index (Phi) is 4.85. The molecule has 1 aromatic carbocycles. The van der Waals surface area contributed by atoms with Gasteiger partial charge in [0.2, 0.25) is 5.91 Å². The van der Waals surface area contributed by atoms with Crippen LogP contribution in [0.1, 0.15) is 30.8 Å². The lowest BCUT2D eigenvalue weighted by atomic mass is 10.1. The largest absolute Gasteiger partial charge is 0.506 e. The lowest BCUT2D eigenvalue weighted by Gasteiger charge is -2.09. The highest BCUT2D eigenvalue weighted by molar-refractivity contribution is 5.93. The Morgan fingerprint density at radius 1 is 1.32 bits per heavy atom. The number of aromatic nitrogens is 2. The van der Waals surface area contributed by atoms with Crippen molar-refractivity contribution in [3.8, 4) is 5.75 Å². The number of phenols is 1. The molecule has 0 unspecified atom stereocenters. The van der Waals surface area contributed by atoms with Gasteiger partial charge in [0.1, 0.15) is 5.75 Å². The van der Waals surface area contributed by atoms with Gasteiger partial charge in [-0.2, -0.15) is 5.10 Å². The van der Waals surface area contributed by atoms with Gasteiger partial charge >= 0.3 is 0 Å². The van der Waals surface area contributed by atoms with Gasteiger partial charge in [-0.15, -0.1) is 0 Å². The molecule has 0 aliphatic carbocycles. The van der Waals surface area contributed by atoms with Crippen molar-refractivity contribution < 1.29 is 9.90 Å². The molecular formula is C17H23N3O2. The molecule has 2 aromatic rings. The quantitative estimate of drug-likeness (QED) is 0.834. The summed E-state index contributed by atoms with van der Waals surface area (Å²) in [5.41, 5.74) is 3.29. The van der Waals surface area contributed by atoms with E-state index >= 15 is 0 Å². The number of aryl methyl sites for hydroxylation is 1. The highest BCUT2D eigenvalue weighted by Crippen LogP contribution is 2.22. The number of aromatic hydroxyl groups is 1. The summed E-state index contributed by atoms with van der Waals surface area (Å²) in [6, 6.07) is 6.71. The first kappa shape index (κ1) is 16.1. The lowest BCUT2D eigenvalue weighted by molar-refractivity contribution is -0.115. The van der Waals surface area contributed by atoms with Crippen LogP contribution in [0.4, 0.5) is 5.69 Å². The van der Waals surface area contributed by atoms with Crippen LogP contribution in [0, 0.1) is 19.8 Å². The SMILES string of the molecule is Cc1nn(CC(C)C)c(C)c1CC(=O)Nc1ccccc1O. The number of anilines is 1. The highest BCUT2D eigenvalue weighted by Gasteiger charge is 2.16. The van der Waals surface area contributed by atoms with Gasteiger partial charge in [0.15, 0.2) is 0 Å². The fourth-order valence-corrected chi connectivity index (χ4v) is 2.45. The first-order valence-corrected chi connectivity index (χ1v) is 7.49. The number of amides is 1. The number of phenolic OH excluding ortho intramolecular Hbond substituents is 1. The fourth-order valence-electron chi connectivity index (χ4n) is 2.45. The molecule has 0 saturated carbocycles. The molecule has 0 spiro atoms. The maximum atomic E-state index is 12.2. The Morgan fingerprint density at radius 3 is 2.64 bits per heavy atom. The molecule has 0 fully saturated rings. The topological polar surface area (TPSA) is 67.2 Å². The van der Waals surface area contributed by atoms with Crippen LogP contribution in [-0.4, -0.2) is 20.8 Å². The van der Waals surface area contributed by atoms with E-state index in [1.807, 2.05) is 18.5 Å². The fraction of sp³-hybridized carbons (Fsp3) is 0.412. The number of carbonyl (C=O) groups excluding carboxylic acids is 1. The summed E-state index contributed by atoms with van der Waals surface area (Å²) in [6.07, 6.45) is 0.254. The molecule has 1 heterocycles. The second kappa shape index (κ2) is 6.64. The van der Waals surface area contributed by atoms with Crippen molar-refractivity contribution >= 4 is 11.6 Å². The van der Waals surface area contributed by atoms with E-state index in [4.69, 9.17) is 0 Å². The molecule has 2 rings (SSSR count). The van der Waals surface area contributed by atoms with Crippen LogP contribution < -0.4 is 5.32 Å². The van der Waals surface area contributed by atoms with Gasteiger partial charge in [-0.1, -0.05) is 26.0 Å². The minimum Gasteiger partial charge on any atom is -0.506 e. The van der Waals surface area contributed by atoms with E-state index < -0.39 is 0 Å². The van der Waals surface area contributed by atoms with Gasteiger partial charge in [0, 0.05) is 17.8 Å². The van der Waals surface area contributed by atoms with Crippen molar-refractivity contribution in [2.24, 2.45) is 5.92 Å². The van der Waals surface area contributed by atoms with E-state index in [1.54, 1.807) is 24.3 Å². The molecule has 0 saturated heterocycles. The van der Waals surface area contributed by atoms with Crippen LogP contribution >= 0.6 is 0 Å². The van der Waals surface area contributed by atoms with Crippen LogP contribution in [-0.2, 0) is 17.8 Å². The van der Waals surface area contributed by atoms with Crippen molar-refractivity contribution in [1.82, 2.24) is 9.78 Å². The maximum Gasteiger partial charge on any atom is 0.229 e. The number of hydrogen-bond acceptors (Lipinski definition) is 3. The lowest BCUT2D eigenvalue weighted by Crippen LogP contribution is -2.15. The third kappa shape index (κ3) is 3.67. The van der Waals surface area contributed by atoms with Crippen LogP contribution in [0.15, 0.2) is 24.3 Å². The molecule has 0 radical (unpaired) electrons. The number of carbonyl (C=O) groups is 1. The molecule has 5 nitrogen and oxygen atoms in total. The van der Waals surface area contributed by atoms with Crippen LogP contribution in [0.25, 0.3) is 0 Å². The van der Waals surface area contributed by atoms with Gasteiger partial charge in [-0.3, -0.25) is 9.48 Å². The molecule has 0 bridgehead atoms. The predicted octanol–water partition coefficient (Wildman–Crippen LogP) is 3.04. The summed E-state index contributed by atoms with van der Waals surface area (Å²) in [5, 5.41) is 17.0. The summed E-state index contributed by atoms with van der Waals surface area (Å²) in [5.74, 6) is 0.414. The van der Waals surface area contributed by atoms with E-state index in [0.29, 0.717) is 11.6 Å². The van der Waals surface area contributed by atoms with Crippen molar-refractivity contribution in [1.29, 1.82) is 0 Å². The number of para-hydroxylation sites is 2. The Bertz CT molecular complexity index is 675. The summed E-state index contributed by atoms with van der Waals surface area (Å²) in [7, 11) is 0. The Balaban J connectivity index is 2.12. The first-order chi connectivity index (χ1) is 10.4. The monoisotopic (exact) mass is 301 g/mol. The first-order valence-electron chi connectivity index (χ1n) is 7.49. The van der Waals surface area contributed by atoms with Gasteiger partial charge in [-0.05, 0) is 31.9 Å². The predicted molar refractivity (Wildman–Crippen MR) is 87.0 cm³/mol. The number of rotatable bonds is 5. The molecule has 0 atom stereocenters. The smallest absolute Gasteiger partial charge is 0.229 e. The van der Waals surface area contributed by atoms with Crippen molar-refractivity contribution in [3.63, 3.8) is 0 Å². The molecule has 1 amide bonds. The van der Waals surface area contributed by atoms with E-state index in [-0.39, 0.29) is 18.1 Å². The number of benzene rings is 1. The maximum absolute atomic E-state index is 12.2. The standard InChI is InChI=1S/C17H23N3O2/c1-11(2)10-20-13(4)14(12(3)19-20)9-17(22)18-15-7-5-6-8-16(15)21/h5-8,11,21H,9-10H2,1-4H3,(H,18,22). The summed E-state index contributed by atoms with van der Waals surface area (Å²) >= 11 is 0. The van der Waals surface area contributed by atoms with Crippen molar-refractivity contribution in [3.05, 3.63) is 41.2 Å². The third-order valence-electron chi connectivity index (χ3n) is 3.58. The van der Waals surface area contributed by atoms with Gasteiger partial charge < -0.3 is 10.4 Å². The van der Waals surface area contributed by atoms with Gasteiger partial charge in [-0.25, -0.2) is 0 Å². The number of nitrogens with one attached hydrogen (secondary N) is 1. The zero-order valence-corrected chi connectivity index (χ0v) is 13.6. The van der Waals surface area contributed by atoms with E-state index in [0.717, 1.165) is 23.5 Å². The normalized spacial score (nSPS) is 11.0. The van der Waals surface area contributed by atoms with Crippen molar-refractivity contribution in [2.75, 3.05) is 5.32 Å². The van der Waals surface area contributed by atoms with Crippen LogP contribution in [0.2, 0.25) is 0 Å². The third-order valence-corrected chi connectivity index (χ3v) is 3.58. The van der Waals surface area contributed by atoms with Crippen molar-refractivity contribution in [2.45, 2.75) is 40.7 Å². The molecule has 0 aliphatic rings. The molecule has 22 heavy (non-hydrogen) atoms. The van der Waals surface area contributed by atoms with Gasteiger partial charge in [0.05, 0.1) is 17.8 Å². The molecule has 1 aromatic heterocycles. The van der Waals surface area contributed by atoms with E-state index in [2.05, 4.69) is 24.3 Å². The summed E-state index contributed by atoms with van der Waals surface area (Å²) in [4.78, 5) is 12.2. The minimum absolute atomic E-state index is 0.0693. The second-order valence-corrected chi connectivity index (χ2v) is 5.97. The van der Waals surface area contributed by atoms with Gasteiger partial charge in [0.25, 0.3) is 0 Å². The zero-order chi connectivity index (χ0) is 16.3. The summed E-state index contributed by atoms with van der Waals surface area (Å²) < 4.78 is 1.96. The molecular weight excluding hydrogens is 278 g/mol. The molecule has 118 valence electrons. The minimum atomic E-state index is -0.156. The van der Waals surface area contributed by atoms with E-state index in [1.165, 1.54) is 0 Å². The molecule has 0 aliphatic heterocycles. The Morgan fingerprint density at radius 2 is 2.00 bits per heavy atom. The number of nitrogens with zero attached hydrogens (tertiary/aromatic N) is 2. The van der Waals surface area contributed by atoms with E-state index in [9.17, 15) is 9.90 Å². The summed E-state index contributed by atoms with van der Waals surface area (Å²) in [6.45, 7) is 9.03. The second-order valence-electron chi connectivity index (χ2n) is 5.97. The Hall–Kier alpha value is -2.30. The van der Waals surface area contributed by atoms with Crippen LogP contribution in [0.3, 0.4) is 0 Å². The Labute approximate surface area is 131 Å². The average molecular weight is 301 g/mol. The zero-order valence-electron chi connectivity index (χ0n) is 13.6. The molecule has 2 N–H and O–H groups in total. The molecule has 5 heteroatoms.